The lowest BCUT2D eigenvalue weighted by molar-refractivity contribution is -0.178. The van der Waals surface area contributed by atoms with Crippen LogP contribution in [0.4, 0.5) is 8.78 Å². The number of esters is 1. The van der Waals surface area contributed by atoms with Gasteiger partial charge in [0.05, 0.1) is 6.10 Å². The normalized spacial score (nSPS) is 40.9. The van der Waals surface area contributed by atoms with Crippen LogP contribution in [0.1, 0.15) is 78.6 Å². The summed E-state index contributed by atoms with van der Waals surface area (Å²) in [4.78, 5) is 37.6. The third kappa shape index (κ3) is 4.77. The fourth-order valence-electron chi connectivity index (χ4n) is 8.51. The van der Waals surface area contributed by atoms with E-state index in [2.05, 4.69) is 11.7 Å². The summed E-state index contributed by atoms with van der Waals surface area (Å²) in [6.07, 6.45) is 3.52. The van der Waals surface area contributed by atoms with Crippen LogP contribution in [0.2, 0.25) is 0 Å². The molecule has 0 aliphatic heterocycles. The minimum Gasteiger partial charge on any atom is -0.743 e. The van der Waals surface area contributed by atoms with Gasteiger partial charge in [0, 0.05) is 37.0 Å². The number of carbonyl (C=O) groups excluding carboxylic acids is 3. The monoisotopic (exact) mass is 547 g/mol. The van der Waals surface area contributed by atoms with Crippen molar-refractivity contribution >= 4 is 27.7 Å². The first-order chi connectivity index (χ1) is 17.0. The van der Waals surface area contributed by atoms with E-state index >= 15 is 0 Å². The first-order valence-corrected chi connectivity index (χ1v) is 14.6. The molecule has 37 heavy (non-hydrogen) atoms. The Bertz CT molecular complexity index is 1060. The van der Waals surface area contributed by atoms with Gasteiger partial charge in [-0.25, -0.2) is 8.42 Å². The molecule has 8 nitrogen and oxygen atoms in total. The van der Waals surface area contributed by atoms with Crippen molar-refractivity contribution in [3.63, 3.8) is 0 Å². The van der Waals surface area contributed by atoms with E-state index in [0.29, 0.717) is 25.7 Å². The number of carbonyl (C=O) groups is 3. The summed E-state index contributed by atoms with van der Waals surface area (Å²) in [5.74, 6) is -0.827. The topological polar surface area (TPSA) is 138 Å². The van der Waals surface area contributed by atoms with Crippen LogP contribution in [-0.2, 0) is 29.2 Å². The van der Waals surface area contributed by atoms with Crippen LogP contribution in [0.3, 0.4) is 0 Å². The summed E-state index contributed by atoms with van der Waals surface area (Å²) >= 11 is 0. The molecule has 4 aliphatic carbocycles. The molecule has 210 valence electrons. The van der Waals surface area contributed by atoms with Gasteiger partial charge in [-0.05, 0) is 67.1 Å². The van der Waals surface area contributed by atoms with Gasteiger partial charge in [-0.15, -0.1) is 0 Å². The average molecular weight is 548 g/mol. The maximum Gasteiger partial charge on any atom is 0.367 e. The van der Waals surface area contributed by atoms with Crippen LogP contribution in [0.15, 0.2) is 0 Å². The fraction of sp³-hybridized carbons (Fsp3) is 0.885. The molecule has 0 saturated heterocycles. The van der Waals surface area contributed by atoms with Gasteiger partial charge in [-0.2, -0.15) is 8.78 Å². The molecule has 0 aromatic heterocycles. The van der Waals surface area contributed by atoms with Crippen molar-refractivity contribution in [2.45, 2.75) is 89.9 Å². The van der Waals surface area contributed by atoms with Crippen LogP contribution in [0.5, 0.6) is 0 Å². The summed E-state index contributed by atoms with van der Waals surface area (Å²) < 4.78 is 62.7. The van der Waals surface area contributed by atoms with E-state index in [1.165, 1.54) is 0 Å². The van der Waals surface area contributed by atoms with E-state index in [1.54, 1.807) is 0 Å². The molecule has 1 N–H and O–H groups in total. The lowest BCUT2D eigenvalue weighted by Gasteiger charge is -2.61. The number of ether oxygens (including phenoxy) is 1. The van der Waals surface area contributed by atoms with Crippen LogP contribution in [0.25, 0.3) is 0 Å². The van der Waals surface area contributed by atoms with Crippen molar-refractivity contribution in [3.05, 3.63) is 0 Å². The SMILES string of the molecule is C[C@H](CCC(=O)OCC(F)(F)S(=O)(=O)[O-])[C@H]1CC[C@H]2[C@@H]3C(=O)C[C@@H]4CC(=O)CC[C@]4(C)[C@H]3CC(O)[C@]12C. The Morgan fingerprint density at radius 1 is 1.22 bits per heavy atom. The third-order valence-electron chi connectivity index (χ3n) is 10.7. The molecular weight excluding hydrogens is 510 g/mol. The second-order valence-corrected chi connectivity index (χ2v) is 13.9. The fourth-order valence-corrected chi connectivity index (χ4v) is 8.72. The Labute approximate surface area is 216 Å². The zero-order valence-corrected chi connectivity index (χ0v) is 22.4. The summed E-state index contributed by atoms with van der Waals surface area (Å²) in [5, 5.41) is 6.84. The third-order valence-corrected chi connectivity index (χ3v) is 11.6. The van der Waals surface area contributed by atoms with Crippen molar-refractivity contribution in [1.82, 2.24) is 0 Å². The number of ketones is 2. The highest BCUT2D eigenvalue weighted by Crippen LogP contribution is 2.67. The molecular formula is C26H37F2O8S-. The van der Waals surface area contributed by atoms with Gasteiger partial charge in [0.15, 0.2) is 16.7 Å². The van der Waals surface area contributed by atoms with Crippen molar-refractivity contribution in [3.8, 4) is 0 Å². The zero-order valence-electron chi connectivity index (χ0n) is 21.6. The Kier molecular flexibility index (Phi) is 7.42. The molecule has 0 amide bonds. The molecule has 0 aromatic carbocycles. The summed E-state index contributed by atoms with van der Waals surface area (Å²) in [6.45, 7) is 4.32. The molecule has 1 unspecified atom stereocenters. The lowest BCUT2D eigenvalue weighted by atomic mass is 9.43. The van der Waals surface area contributed by atoms with Crippen molar-refractivity contribution in [1.29, 1.82) is 0 Å². The molecule has 4 fully saturated rings. The molecule has 0 aromatic rings. The van der Waals surface area contributed by atoms with Gasteiger partial charge in [0.2, 0.25) is 0 Å². The van der Waals surface area contributed by atoms with E-state index in [4.69, 9.17) is 0 Å². The van der Waals surface area contributed by atoms with Gasteiger partial charge in [0.25, 0.3) is 0 Å². The summed E-state index contributed by atoms with van der Waals surface area (Å²) in [5.41, 5.74) is -0.695. The molecule has 11 heteroatoms. The second-order valence-electron chi connectivity index (χ2n) is 12.4. The van der Waals surface area contributed by atoms with Crippen molar-refractivity contribution in [2.75, 3.05) is 6.61 Å². The molecule has 0 radical (unpaired) electrons. The molecule has 0 bridgehead atoms. The highest BCUT2D eigenvalue weighted by molar-refractivity contribution is 7.86. The van der Waals surface area contributed by atoms with E-state index < -0.39 is 39.5 Å². The molecule has 0 heterocycles. The maximum atomic E-state index is 13.5. The quantitative estimate of drug-likeness (QED) is 0.378. The number of halogens is 2. The first kappa shape index (κ1) is 28.5. The number of hydrogen-bond acceptors (Lipinski definition) is 8. The smallest absolute Gasteiger partial charge is 0.367 e. The van der Waals surface area contributed by atoms with Crippen LogP contribution < -0.4 is 0 Å². The van der Waals surface area contributed by atoms with E-state index in [0.717, 1.165) is 19.3 Å². The van der Waals surface area contributed by atoms with Crippen LogP contribution in [-0.4, -0.2) is 53.6 Å². The van der Waals surface area contributed by atoms with E-state index in [1.807, 2.05) is 13.8 Å². The second kappa shape index (κ2) is 9.62. The molecule has 4 aliphatic rings. The highest BCUT2D eigenvalue weighted by atomic mass is 32.2. The van der Waals surface area contributed by atoms with Crippen molar-refractivity contribution in [2.24, 2.45) is 46.3 Å². The first-order valence-electron chi connectivity index (χ1n) is 13.2. The number of alkyl halides is 2. The maximum absolute atomic E-state index is 13.5. The molecule has 4 saturated carbocycles. The number of hydrogen-bond donors (Lipinski definition) is 1. The minimum absolute atomic E-state index is 0.00373. The van der Waals surface area contributed by atoms with Gasteiger partial charge in [-0.1, -0.05) is 20.8 Å². The standard InChI is InChI=1S/C26H38F2O8S/c1-14(4-7-22(32)36-13-26(27,28)37(33,34)35)17-5-6-18-23-19(12-21(31)25(17,18)3)24(2)9-8-16(29)10-15(24)11-20(23)30/h14-15,17-19,21,23,31H,4-13H2,1-3H3,(H,33,34,35)/p-1/t14-,15+,17-,18+,19+,21?,23+,24+,25-/m1/s1. The Balaban J connectivity index is 1.44. The Morgan fingerprint density at radius 2 is 1.89 bits per heavy atom. The van der Waals surface area contributed by atoms with Crippen molar-refractivity contribution < 1.29 is 46.0 Å². The predicted molar refractivity (Wildman–Crippen MR) is 126 cm³/mol. The van der Waals surface area contributed by atoms with Gasteiger partial charge < -0.3 is 14.4 Å². The van der Waals surface area contributed by atoms with E-state index in [9.17, 15) is 41.2 Å². The van der Waals surface area contributed by atoms with Gasteiger partial charge in [0.1, 0.15) is 11.6 Å². The number of rotatable bonds is 7. The minimum atomic E-state index is -5.93. The summed E-state index contributed by atoms with van der Waals surface area (Å²) in [7, 11) is -5.93. The van der Waals surface area contributed by atoms with Gasteiger partial charge >= 0.3 is 11.2 Å². The average Bonchev–Trinajstić information content (AvgIpc) is 3.16. The van der Waals surface area contributed by atoms with E-state index in [-0.39, 0.29) is 65.3 Å². The summed E-state index contributed by atoms with van der Waals surface area (Å²) in [6, 6.07) is 0. The Hall–Kier alpha value is -1.46. The predicted octanol–water partition coefficient (Wildman–Crippen LogP) is 3.46. The number of fused-ring (bicyclic) bond motifs is 5. The highest BCUT2D eigenvalue weighted by Gasteiger charge is 2.65. The number of aliphatic hydroxyl groups excluding tert-OH is 1. The Morgan fingerprint density at radius 3 is 2.54 bits per heavy atom. The number of aliphatic hydroxyl groups is 1. The largest absolute Gasteiger partial charge is 0.743 e. The van der Waals surface area contributed by atoms with Crippen LogP contribution in [0, 0.1) is 46.3 Å². The zero-order chi connectivity index (χ0) is 27.6. The lowest BCUT2D eigenvalue weighted by Crippen LogP contribution is -2.61. The van der Waals surface area contributed by atoms with Gasteiger partial charge in [-0.3, -0.25) is 14.4 Å². The van der Waals surface area contributed by atoms with Crippen LogP contribution >= 0.6 is 0 Å². The molecule has 4 rings (SSSR count). The molecule has 0 spiro atoms. The number of Topliss-reactive ketones (excluding diaryl/α,β-unsaturated/α-hetero) is 2. The molecule has 9 atom stereocenters.